The summed E-state index contributed by atoms with van der Waals surface area (Å²) in [5, 5.41) is 0. The molecule has 0 spiro atoms. The Kier molecular flexibility index (Phi) is 2.88. The molecule has 0 aliphatic carbocycles. The van der Waals surface area contributed by atoms with Crippen molar-refractivity contribution in [2.45, 2.75) is 18.4 Å². The number of hydrogen-bond acceptors (Lipinski definition) is 4. The van der Waals surface area contributed by atoms with Crippen molar-refractivity contribution in [3.8, 4) is 0 Å². The summed E-state index contributed by atoms with van der Waals surface area (Å²) >= 11 is 0. The van der Waals surface area contributed by atoms with Gasteiger partial charge < -0.3 is 0 Å². The number of amides is 1. The van der Waals surface area contributed by atoms with Crippen LogP contribution in [0.5, 0.6) is 0 Å². The van der Waals surface area contributed by atoms with Gasteiger partial charge in [-0.05, 0) is 25.1 Å². The fourth-order valence-electron chi connectivity index (χ4n) is 2.15. The minimum absolute atomic E-state index is 0.201. The van der Waals surface area contributed by atoms with E-state index in [9.17, 15) is 13.2 Å². The minimum Gasteiger partial charge on any atom is -0.287 e. The second-order valence-corrected chi connectivity index (χ2v) is 6.41. The summed E-state index contributed by atoms with van der Waals surface area (Å²) in [6.45, 7) is 2.15. The van der Waals surface area contributed by atoms with Gasteiger partial charge in [-0.1, -0.05) is 17.7 Å². The Hall–Kier alpha value is -2.12. The zero-order chi connectivity index (χ0) is 14.3. The largest absolute Gasteiger partial charge is 0.287 e. The van der Waals surface area contributed by atoms with E-state index < -0.39 is 10.0 Å². The third kappa shape index (κ3) is 1.91. The summed E-state index contributed by atoms with van der Waals surface area (Å²) in [7, 11) is -3.68. The summed E-state index contributed by atoms with van der Waals surface area (Å²) in [6.07, 6.45) is 1.41. The lowest BCUT2D eigenvalue weighted by atomic mass is 10.2. The number of hydrogen-bond donors (Lipinski definition) is 2. The van der Waals surface area contributed by atoms with Crippen LogP contribution in [0.15, 0.2) is 41.4 Å². The molecule has 0 fully saturated rings. The van der Waals surface area contributed by atoms with Crippen molar-refractivity contribution in [1.82, 2.24) is 14.8 Å². The molecular formula is C13H13N3O3S. The van der Waals surface area contributed by atoms with Crippen molar-refractivity contribution < 1.29 is 13.2 Å². The monoisotopic (exact) mass is 291 g/mol. The molecule has 0 saturated heterocycles. The van der Waals surface area contributed by atoms with Crippen molar-refractivity contribution in [3.05, 3.63) is 53.3 Å². The van der Waals surface area contributed by atoms with Gasteiger partial charge >= 0.3 is 0 Å². The van der Waals surface area contributed by atoms with Crippen molar-refractivity contribution in [2.24, 2.45) is 0 Å². The second-order valence-electron chi connectivity index (χ2n) is 4.60. The first-order chi connectivity index (χ1) is 9.50. The van der Waals surface area contributed by atoms with Crippen LogP contribution in [0.4, 0.5) is 0 Å². The molecule has 0 saturated carbocycles. The fourth-order valence-corrected chi connectivity index (χ4v) is 3.53. The van der Waals surface area contributed by atoms with Gasteiger partial charge in [-0.15, -0.1) is 0 Å². The Morgan fingerprint density at radius 1 is 1.15 bits per heavy atom. The molecule has 2 aromatic rings. The number of fused-ring (bicyclic) bond motifs is 1. The lowest BCUT2D eigenvalue weighted by Gasteiger charge is -2.17. The summed E-state index contributed by atoms with van der Waals surface area (Å²) in [5.74, 6) is -0.330. The highest BCUT2D eigenvalue weighted by Gasteiger charge is 2.26. The number of aryl methyl sites for hydroxylation is 1. The number of aromatic nitrogens is 1. The van der Waals surface area contributed by atoms with Crippen molar-refractivity contribution in [2.75, 3.05) is 0 Å². The Labute approximate surface area is 116 Å². The van der Waals surface area contributed by atoms with Crippen LogP contribution >= 0.6 is 0 Å². The number of nitrogens with zero attached hydrogens (tertiary/aromatic N) is 1. The molecule has 1 aromatic heterocycles. The predicted octanol–water partition coefficient (Wildman–Crippen LogP) is 0.782. The third-order valence-electron chi connectivity index (χ3n) is 3.23. The molecule has 1 aliphatic heterocycles. The van der Waals surface area contributed by atoms with Crippen LogP contribution in [0.3, 0.4) is 0 Å². The number of carbonyl (C=O) groups is 1. The van der Waals surface area contributed by atoms with Crippen LogP contribution in [0.1, 0.15) is 21.6 Å². The second kappa shape index (κ2) is 4.46. The maximum Gasteiger partial charge on any atom is 0.267 e. The Balaban J connectivity index is 2.13. The van der Waals surface area contributed by atoms with E-state index in [1.54, 1.807) is 24.3 Å². The van der Waals surface area contributed by atoms with Gasteiger partial charge in [0.2, 0.25) is 0 Å². The summed E-state index contributed by atoms with van der Waals surface area (Å²) in [4.78, 5) is 11.8. The van der Waals surface area contributed by atoms with E-state index in [0.717, 1.165) is 9.54 Å². The third-order valence-corrected chi connectivity index (χ3v) is 4.96. The molecule has 0 radical (unpaired) electrons. The first-order valence-corrected chi connectivity index (χ1v) is 7.50. The number of benzene rings is 1. The van der Waals surface area contributed by atoms with E-state index >= 15 is 0 Å². The molecule has 3 rings (SSSR count). The van der Waals surface area contributed by atoms with E-state index in [0.29, 0.717) is 11.3 Å². The Bertz CT molecular complexity index is 776. The maximum absolute atomic E-state index is 12.6. The van der Waals surface area contributed by atoms with Crippen LogP contribution < -0.4 is 10.9 Å². The van der Waals surface area contributed by atoms with Crippen molar-refractivity contribution in [1.29, 1.82) is 0 Å². The molecule has 1 aliphatic rings. The predicted molar refractivity (Wildman–Crippen MR) is 72.5 cm³/mol. The molecule has 0 atom stereocenters. The molecule has 1 aromatic carbocycles. The summed E-state index contributed by atoms with van der Waals surface area (Å²) < 4.78 is 26.3. The fraction of sp³-hybridized carbons (Fsp3) is 0.154. The molecule has 0 bridgehead atoms. The number of hydrazine groups is 1. The van der Waals surface area contributed by atoms with Gasteiger partial charge in [0, 0.05) is 6.20 Å². The smallest absolute Gasteiger partial charge is 0.267 e. The highest BCUT2D eigenvalue weighted by Crippen LogP contribution is 2.21. The zero-order valence-electron chi connectivity index (χ0n) is 10.8. The van der Waals surface area contributed by atoms with E-state index in [-0.39, 0.29) is 17.3 Å². The molecule has 2 heterocycles. The van der Waals surface area contributed by atoms with Crippen LogP contribution in [-0.2, 0) is 16.6 Å². The van der Waals surface area contributed by atoms with Crippen LogP contribution in [0, 0.1) is 6.92 Å². The Morgan fingerprint density at radius 3 is 2.55 bits per heavy atom. The van der Waals surface area contributed by atoms with E-state index in [1.807, 2.05) is 6.92 Å². The van der Waals surface area contributed by atoms with Gasteiger partial charge in [0.15, 0.2) is 0 Å². The van der Waals surface area contributed by atoms with Gasteiger partial charge in [-0.25, -0.2) is 17.8 Å². The SMILES string of the molecule is Cc1ccc(S(=O)(=O)n2ccc3c2CNNC3=O)cc1. The van der Waals surface area contributed by atoms with Gasteiger partial charge in [0.25, 0.3) is 15.9 Å². The van der Waals surface area contributed by atoms with Gasteiger partial charge in [-0.2, -0.15) is 0 Å². The summed E-state index contributed by atoms with van der Waals surface area (Å²) in [6, 6.07) is 8.12. The molecule has 6 nitrogen and oxygen atoms in total. The lowest BCUT2D eigenvalue weighted by molar-refractivity contribution is 0.0919. The molecule has 0 unspecified atom stereocenters. The number of rotatable bonds is 2. The number of carbonyl (C=O) groups excluding carboxylic acids is 1. The number of nitrogens with one attached hydrogen (secondary N) is 2. The van der Waals surface area contributed by atoms with Crippen LogP contribution in [-0.4, -0.2) is 18.3 Å². The van der Waals surface area contributed by atoms with Gasteiger partial charge in [0.05, 0.1) is 22.7 Å². The molecule has 20 heavy (non-hydrogen) atoms. The van der Waals surface area contributed by atoms with Crippen LogP contribution in [0.2, 0.25) is 0 Å². The highest BCUT2D eigenvalue weighted by molar-refractivity contribution is 7.90. The normalized spacial score (nSPS) is 14.8. The molecular weight excluding hydrogens is 278 g/mol. The maximum atomic E-state index is 12.6. The van der Waals surface area contributed by atoms with E-state index in [2.05, 4.69) is 10.9 Å². The van der Waals surface area contributed by atoms with E-state index in [1.165, 1.54) is 12.3 Å². The molecule has 2 N–H and O–H groups in total. The zero-order valence-corrected chi connectivity index (χ0v) is 11.6. The average molecular weight is 291 g/mol. The topological polar surface area (TPSA) is 80.2 Å². The lowest BCUT2D eigenvalue weighted by Crippen LogP contribution is -2.42. The standard InChI is InChI=1S/C13H13N3O3S/c1-9-2-4-10(5-3-9)20(18,19)16-7-6-11-12(16)8-14-15-13(11)17/h2-7,14H,8H2,1H3,(H,15,17). The molecule has 1 amide bonds. The molecule has 7 heteroatoms. The van der Waals surface area contributed by atoms with Crippen molar-refractivity contribution >= 4 is 15.9 Å². The van der Waals surface area contributed by atoms with Gasteiger partial charge in [-0.3, -0.25) is 10.2 Å². The highest BCUT2D eigenvalue weighted by atomic mass is 32.2. The average Bonchev–Trinajstić information content (AvgIpc) is 2.85. The van der Waals surface area contributed by atoms with E-state index in [4.69, 9.17) is 0 Å². The summed E-state index contributed by atoms with van der Waals surface area (Å²) in [5.41, 5.74) is 6.92. The molecule has 104 valence electrons. The first-order valence-electron chi connectivity index (χ1n) is 6.06. The van der Waals surface area contributed by atoms with Gasteiger partial charge in [0.1, 0.15) is 0 Å². The Morgan fingerprint density at radius 2 is 1.85 bits per heavy atom. The first kappa shape index (κ1) is 12.9. The quantitative estimate of drug-likeness (QED) is 0.857. The minimum atomic E-state index is -3.68. The van der Waals surface area contributed by atoms with Crippen molar-refractivity contribution in [3.63, 3.8) is 0 Å². The van der Waals surface area contributed by atoms with Crippen LogP contribution in [0.25, 0.3) is 0 Å².